The molecule has 0 aromatic carbocycles. The van der Waals surface area contributed by atoms with Crippen molar-refractivity contribution in [2.45, 2.75) is 25.6 Å². The van der Waals surface area contributed by atoms with Gasteiger partial charge >= 0.3 is 6.18 Å². The smallest absolute Gasteiger partial charge is 0.374 e. The first-order valence-electron chi connectivity index (χ1n) is 5.06. The molecule has 0 amide bonds. The van der Waals surface area contributed by atoms with E-state index in [1.54, 1.807) is 24.0 Å². The highest BCUT2D eigenvalue weighted by Gasteiger charge is 2.63. The van der Waals surface area contributed by atoms with Gasteiger partial charge in [-0.2, -0.15) is 18.3 Å². The molecule has 1 aromatic heterocycles. The van der Waals surface area contributed by atoms with E-state index in [0.717, 1.165) is 0 Å². The van der Waals surface area contributed by atoms with Gasteiger partial charge in [-0.3, -0.25) is 4.68 Å². The minimum atomic E-state index is -4.14. The van der Waals surface area contributed by atoms with Crippen LogP contribution in [0.1, 0.15) is 18.5 Å². The molecule has 1 fully saturated rings. The number of alkyl halides is 3. The van der Waals surface area contributed by atoms with E-state index in [-0.39, 0.29) is 26.1 Å². The van der Waals surface area contributed by atoms with Crippen molar-refractivity contribution < 1.29 is 17.9 Å². The lowest BCUT2D eigenvalue weighted by Crippen LogP contribution is -2.29. The fourth-order valence-electron chi connectivity index (χ4n) is 1.55. The fraction of sp³-hybridized carbons (Fsp3) is 0.700. The van der Waals surface area contributed by atoms with Gasteiger partial charge < -0.3 is 4.74 Å². The molecule has 0 radical (unpaired) electrons. The van der Waals surface area contributed by atoms with Crippen molar-refractivity contribution in [3.63, 3.8) is 0 Å². The summed E-state index contributed by atoms with van der Waals surface area (Å²) < 4.78 is 44.3. The van der Waals surface area contributed by atoms with E-state index in [9.17, 15) is 13.2 Å². The standard InChI is InChI=1S/C10H13F3N2O/c1-15-5-2-8(14-15)6-16-7-9(3-4-9)10(11,12)13/h2,5H,3-4,6-7H2,1H3. The molecule has 0 atom stereocenters. The summed E-state index contributed by atoms with van der Waals surface area (Å²) >= 11 is 0. The zero-order chi connectivity index (χ0) is 11.8. The monoisotopic (exact) mass is 234 g/mol. The second kappa shape index (κ2) is 3.76. The summed E-state index contributed by atoms with van der Waals surface area (Å²) in [7, 11) is 1.75. The Morgan fingerprint density at radius 3 is 2.62 bits per heavy atom. The van der Waals surface area contributed by atoms with E-state index in [4.69, 9.17) is 4.74 Å². The van der Waals surface area contributed by atoms with E-state index in [1.165, 1.54) is 0 Å². The van der Waals surface area contributed by atoms with Crippen molar-refractivity contribution in [3.8, 4) is 0 Å². The molecule has 0 aliphatic heterocycles. The molecule has 1 aliphatic carbocycles. The highest BCUT2D eigenvalue weighted by Crippen LogP contribution is 2.57. The molecule has 1 aliphatic rings. The Labute approximate surface area is 91.2 Å². The Bertz CT molecular complexity index is 368. The summed E-state index contributed by atoms with van der Waals surface area (Å²) in [6, 6.07) is 1.73. The SMILES string of the molecule is Cn1ccc(COCC2(C(F)(F)F)CC2)n1. The number of nitrogens with zero attached hydrogens (tertiary/aromatic N) is 2. The zero-order valence-corrected chi connectivity index (χ0v) is 8.92. The molecule has 3 nitrogen and oxygen atoms in total. The lowest BCUT2D eigenvalue weighted by Gasteiger charge is -2.18. The quantitative estimate of drug-likeness (QED) is 0.799. The summed E-state index contributed by atoms with van der Waals surface area (Å²) in [5.41, 5.74) is -0.928. The van der Waals surface area contributed by atoms with Gasteiger partial charge in [0, 0.05) is 13.2 Å². The summed E-state index contributed by atoms with van der Waals surface area (Å²) in [5, 5.41) is 4.02. The van der Waals surface area contributed by atoms with E-state index < -0.39 is 11.6 Å². The molecule has 0 unspecified atom stereocenters. The third-order valence-electron chi connectivity index (χ3n) is 2.85. The van der Waals surface area contributed by atoms with Crippen LogP contribution in [0.25, 0.3) is 0 Å². The maximum Gasteiger partial charge on any atom is 0.396 e. The Balaban J connectivity index is 1.81. The predicted octanol–water partition coefficient (Wildman–Crippen LogP) is 2.28. The number of ether oxygens (including phenoxy) is 1. The number of aromatic nitrogens is 2. The van der Waals surface area contributed by atoms with E-state index in [2.05, 4.69) is 5.10 Å². The van der Waals surface area contributed by atoms with Gasteiger partial charge in [0.15, 0.2) is 0 Å². The Morgan fingerprint density at radius 2 is 2.19 bits per heavy atom. The predicted molar refractivity (Wildman–Crippen MR) is 50.6 cm³/mol. The lowest BCUT2D eigenvalue weighted by molar-refractivity contribution is -0.202. The summed E-state index contributed by atoms with van der Waals surface area (Å²) in [5.74, 6) is 0. The molecular formula is C10H13F3N2O. The molecular weight excluding hydrogens is 221 g/mol. The minimum Gasteiger partial charge on any atom is -0.374 e. The second-order valence-corrected chi connectivity index (χ2v) is 4.25. The van der Waals surface area contributed by atoms with Crippen LogP contribution in [0.15, 0.2) is 12.3 Å². The van der Waals surface area contributed by atoms with Crippen molar-refractivity contribution in [1.29, 1.82) is 0 Å². The highest BCUT2D eigenvalue weighted by atomic mass is 19.4. The van der Waals surface area contributed by atoms with Crippen LogP contribution in [0.4, 0.5) is 13.2 Å². The van der Waals surface area contributed by atoms with Crippen molar-refractivity contribution in [1.82, 2.24) is 9.78 Å². The van der Waals surface area contributed by atoms with E-state index in [0.29, 0.717) is 5.69 Å². The van der Waals surface area contributed by atoms with E-state index in [1.807, 2.05) is 0 Å². The third-order valence-corrected chi connectivity index (χ3v) is 2.85. The zero-order valence-electron chi connectivity index (χ0n) is 8.92. The van der Waals surface area contributed by atoms with Gasteiger partial charge in [-0.15, -0.1) is 0 Å². The van der Waals surface area contributed by atoms with E-state index >= 15 is 0 Å². The van der Waals surface area contributed by atoms with Crippen LogP contribution < -0.4 is 0 Å². The van der Waals surface area contributed by atoms with Crippen LogP contribution in [-0.4, -0.2) is 22.6 Å². The highest BCUT2D eigenvalue weighted by molar-refractivity contribution is 5.00. The fourth-order valence-corrected chi connectivity index (χ4v) is 1.55. The average Bonchev–Trinajstić information content (AvgIpc) is 2.85. The molecule has 0 spiro atoms. The number of aryl methyl sites for hydroxylation is 1. The van der Waals surface area contributed by atoms with Crippen molar-refractivity contribution in [3.05, 3.63) is 18.0 Å². The minimum absolute atomic E-state index is 0.138. The molecule has 0 bridgehead atoms. The normalized spacial score (nSPS) is 18.8. The van der Waals surface area contributed by atoms with Gasteiger partial charge in [-0.25, -0.2) is 0 Å². The Hall–Kier alpha value is -1.04. The first-order chi connectivity index (χ1) is 7.43. The maximum absolute atomic E-state index is 12.5. The van der Waals surface area contributed by atoms with Gasteiger partial charge in [0.05, 0.1) is 24.3 Å². The third kappa shape index (κ3) is 2.21. The van der Waals surface area contributed by atoms with Crippen LogP contribution in [0, 0.1) is 5.41 Å². The largest absolute Gasteiger partial charge is 0.396 e. The van der Waals surface area contributed by atoms with Crippen LogP contribution in [-0.2, 0) is 18.4 Å². The Morgan fingerprint density at radius 1 is 1.50 bits per heavy atom. The van der Waals surface area contributed by atoms with Gasteiger partial charge in [0.2, 0.25) is 0 Å². The molecule has 0 N–H and O–H groups in total. The molecule has 1 heterocycles. The maximum atomic E-state index is 12.5. The van der Waals surface area contributed by atoms with Gasteiger partial charge in [0.25, 0.3) is 0 Å². The average molecular weight is 234 g/mol. The first-order valence-corrected chi connectivity index (χ1v) is 5.06. The van der Waals surface area contributed by atoms with Crippen molar-refractivity contribution >= 4 is 0 Å². The molecule has 0 saturated heterocycles. The van der Waals surface area contributed by atoms with Gasteiger partial charge in [-0.1, -0.05) is 0 Å². The second-order valence-electron chi connectivity index (χ2n) is 4.25. The number of hydrogen-bond donors (Lipinski definition) is 0. The van der Waals surface area contributed by atoms with Crippen LogP contribution >= 0.6 is 0 Å². The summed E-state index contributed by atoms with van der Waals surface area (Å²) in [4.78, 5) is 0. The molecule has 1 aromatic rings. The molecule has 16 heavy (non-hydrogen) atoms. The molecule has 90 valence electrons. The number of rotatable bonds is 4. The van der Waals surface area contributed by atoms with Crippen LogP contribution in [0.5, 0.6) is 0 Å². The summed E-state index contributed by atoms with van der Waals surface area (Å²) in [6.45, 7) is -0.119. The van der Waals surface area contributed by atoms with Gasteiger partial charge in [-0.05, 0) is 18.9 Å². The summed E-state index contributed by atoms with van der Waals surface area (Å²) in [6.07, 6.45) is -2.05. The van der Waals surface area contributed by atoms with Crippen LogP contribution in [0.3, 0.4) is 0 Å². The van der Waals surface area contributed by atoms with Gasteiger partial charge in [0.1, 0.15) is 0 Å². The van der Waals surface area contributed by atoms with Crippen molar-refractivity contribution in [2.24, 2.45) is 12.5 Å². The number of halogens is 3. The Kier molecular flexibility index (Phi) is 2.69. The number of hydrogen-bond acceptors (Lipinski definition) is 2. The van der Waals surface area contributed by atoms with Crippen LogP contribution in [0.2, 0.25) is 0 Å². The lowest BCUT2D eigenvalue weighted by atomic mass is 10.1. The molecule has 1 saturated carbocycles. The van der Waals surface area contributed by atoms with Crippen molar-refractivity contribution in [2.75, 3.05) is 6.61 Å². The first kappa shape index (κ1) is 11.4. The topological polar surface area (TPSA) is 27.1 Å². The molecule has 2 rings (SSSR count). The molecule has 6 heteroatoms.